The van der Waals surface area contributed by atoms with Crippen LogP contribution in [0.1, 0.15) is 28.4 Å². The van der Waals surface area contributed by atoms with Gasteiger partial charge in [-0.05, 0) is 49.7 Å². The number of sulfonamides is 1. The van der Waals surface area contributed by atoms with Crippen molar-refractivity contribution in [1.82, 2.24) is 18.7 Å². The van der Waals surface area contributed by atoms with Gasteiger partial charge in [0.15, 0.2) is 0 Å². The van der Waals surface area contributed by atoms with Gasteiger partial charge in [-0.15, -0.1) is 0 Å². The first-order valence-corrected chi connectivity index (χ1v) is 13.5. The van der Waals surface area contributed by atoms with Crippen LogP contribution >= 0.6 is 0 Å². The molecule has 5 rings (SSSR count). The van der Waals surface area contributed by atoms with Crippen molar-refractivity contribution < 1.29 is 13.2 Å². The van der Waals surface area contributed by atoms with Gasteiger partial charge in [0, 0.05) is 57.4 Å². The molecule has 3 heterocycles. The number of carbonyl (C=O) groups is 1. The lowest BCUT2D eigenvalue weighted by atomic mass is 10.0. The molecule has 1 fully saturated rings. The van der Waals surface area contributed by atoms with Gasteiger partial charge in [-0.3, -0.25) is 9.59 Å². The van der Waals surface area contributed by atoms with Crippen LogP contribution in [0.5, 0.6) is 0 Å². The van der Waals surface area contributed by atoms with Gasteiger partial charge >= 0.3 is 0 Å². The summed E-state index contributed by atoms with van der Waals surface area (Å²) in [6, 6.07) is 12.5. The van der Waals surface area contributed by atoms with E-state index < -0.39 is 15.5 Å². The van der Waals surface area contributed by atoms with Crippen molar-refractivity contribution >= 4 is 26.8 Å². The summed E-state index contributed by atoms with van der Waals surface area (Å²) in [4.78, 5) is 30.7. The maximum Gasteiger partial charge on any atom is 0.259 e. The highest BCUT2D eigenvalue weighted by atomic mass is 32.2. The molecule has 0 radical (unpaired) electrons. The van der Waals surface area contributed by atoms with Gasteiger partial charge in [0.2, 0.25) is 15.5 Å². The van der Waals surface area contributed by atoms with E-state index in [-0.39, 0.29) is 21.8 Å². The van der Waals surface area contributed by atoms with Crippen LogP contribution in [0.3, 0.4) is 0 Å². The quantitative estimate of drug-likeness (QED) is 0.555. The molecular formula is C26H30N4O4S. The molecule has 0 N–H and O–H groups in total. The second-order valence-corrected chi connectivity index (χ2v) is 11.2. The molecule has 184 valence electrons. The number of likely N-dealkylation sites (N-methyl/N-ethyl adjacent to an activating group) is 1. The van der Waals surface area contributed by atoms with Gasteiger partial charge in [0.25, 0.3) is 5.91 Å². The van der Waals surface area contributed by atoms with Crippen molar-refractivity contribution in [2.45, 2.75) is 31.3 Å². The van der Waals surface area contributed by atoms with Crippen LogP contribution < -0.4 is 5.43 Å². The minimum absolute atomic E-state index is 0.0772. The van der Waals surface area contributed by atoms with Crippen molar-refractivity contribution in [2.75, 3.05) is 39.8 Å². The molecule has 9 heteroatoms. The summed E-state index contributed by atoms with van der Waals surface area (Å²) < 4.78 is 30.4. The maximum absolute atomic E-state index is 13.5. The fraction of sp³-hybridized carbons (Fsp3) is 0.385. The Balaban J connectivity index is 1.54. The molecule has 0 aliphatic carbocycles. The van der Waals surface area contributed by atoms with Crippen LogP contribution in [-0.4, -0.2) is 72.8 Å². The Morgan fingerprint density at radius 1 is 0.971 bits per heavy atom. The molecule has 0 atom stereocenters. The number of nitrogens with zero attached hydrogens (tertiary/aromatic N) is 4. The van der Waals surface area contributed by atoms with Crippen molar-refractivity contribution in [2.24, 2.45) is 0 Å². The predicted octanol–water partition coefficient (Wildman–Crippen LogP) is 2.16. The molecule has 0 unspecified atom stereocenters. The SMILES string of the molecule is CCn1cc(C(=O)N2CCN(C)CC2)c(=O)c2cc(S(=O)(=O)N3CCc4ccccc4C3)ccc21. The van der Waals surface area contributed by atoms with E-state index in [1.54, 1.807) is 23.2 Å². The molecule has 0 spiro atoms. The largest absolute Gasteiger partial charge is 0.347 e. The highest BCUT2D eigenvalue weighted by molar-refractivity contribution is 7.89. The third kappa shape index (κ3) is 4.28. The second-order valence-electron chi connectivity index (χ2n) is 9.29. The Bertz CT molecular complexity index is 1460. The molecule has 0 bridgehead atoms. The van der Waals surface area contributed by atoms with E-state index >= 15 is 0 Å². The van der Waals surface area contributed by atoms with Crippen molar-refractivity contribution in [3.63, 3.8) is 0 Å². The molecule has 35 heavy (non-hydrogen) atoms. The van der Waals surface area contributed by atoms with Gasteiger partial charge in [-0.2, -0.15) is 4.31 Å². The lowest BCUT2D eigenvalue weighted by Gasteiger charge is -2.32. The van der Waals surface area contributed by atoms with Crippen molar-refractivity contribution in [1.29, 1.82) is 0 Å². The number of piperazine rings is 1. The molecular weight excluding hydrogens is 464 g/mol. The fourth-order valence-corrected chi connectivity index (χ4v) is 6.40. The zero-order valence-electron chi connectivity index (χ0n) is 20.1. The summed E-state index contributed by atoms with van der Waals surface area (Å²) >= 11 is 0. The van der Waals surface area contributed by atoms with E-state index in [0.29, 0.717) is 44.7 Å². The highest BCUT2D eigenvalue weighted by Gasteiger charge is 2.29. The first kappa shape index (κ1) is 23.7. The van der Waals surface area contributed by atoms with Gasteiger partial charge < -0.3 is 14.4 Å². The molecule has 1 amide bonds. The predicted molar refractivity (Wildman–Crippen MR) is 135 cm³/mol. The van der Waals surface area contributed by atoms with Crippen LogP contribution in [0.4, 0.5) is 0 Å². The van der Waals surface area contributed by atoms with Crippen LogP contribution in [0.15, 0.2) is 58.4 Å². The number of carbonyl (C=O) groups excluding carboxylic acids is 1. The van der Waals surface area contributed by atoms with E-state index in [0.717, 1.165) is 24.2 Å². The van der Waals surface area contributed by atoms with E-state index in [4.69, 9.17) is 0 Å². The van der Waals surface area contributed by atoms with E-state index in [9.17, 15) is 18.0 Å². The summed E-state index contributed by atoms with van der Waals surface area (Å²) in [5.74, 6) is -0.298. The van der Waals surface area contributed by atoms with Gasteiger partial charge in [-0.1, -0.05) is 24.3 Å². The van der Waals surface area contributed by atoms with E-state index in [1.165, 1.54) is 10.4 Å². The smallest absolute Gasteiger partial charge is 0.259 e. The summed E-state index contributed by atoms with van der Waals surface area (Å²) in [7, 11) is -1.80. The van der Waals surface area contributed by atoms with Crippen LogP contribution in [0.2, 0.25) is 0 Å². The average molecular weight is 495 g/mol. The topological polar surface area (TPSA) is 82.9 Å². The van der Waals surface area contributed by atoms with Gasteiger partial charge in [-0.25, -0.2) is 8.42 Å². The van der Waals surface area contributed by atoms with Gasteiger partial charge in [0.05, 0.1) is 10.4 Å². The minimum atomic E-state index is -3.81. The Kier molecular flexibility index (Phi) is 6.25. The molecule has 1 saturated heterocycles. The average Bonchev–Trinajstić information content (AvgIpc) is 2.88. The summed E-state index contributed by atoms with van der Waals surface area (Å²) in [5.41, 5.74) is 2.45. The third-order valence-electron chi connectivity index (χ3n) is 7.15. The maximum atomic E-state index is 13.5. The Hall–Kier alpha value is -3.01. The fourth-order valence-electron chi connectivity index (χ4n) is 4.95. The highest BCUT2D eigenvalue weighted by Crippen LogP contribution is 2.26. The Morgan fingerprint density at radius 2 is 1.69 bits per heavy atom. The first-order chi connectivity index (χ1) is 16.8. The van der Waals surface area contributed by atoms with Crippen LogP contribution in [0.25, 0.3) is 10.9 Å². The van der Waals surface area contributed by atoms with Crippen LogP contribution in [-0.2, 0) is 29.5 Å². The summed E-state index contributed by atoms with van der Waals surface area (Å²) in [6.45, 7) is 5.80. The zero-order valence-corrected chi connectivity index (χ0v) is 20.9. The number of fused-ring (bicyclic) bond motifs is 2. The van der Waals surface area contributed by atoms with Crippen molar-refractivity contribution in [3.05, 3.63) is 75.6 Å². The van der Waals surface area contributed by atoms with E-state index in [1.807, 2.05) is 42.8 Å². The number of hydrogen-bond acceptors (Lipinski definition) is 5. The summed E-state index contributed by atoms with van der Waals surface area (Å²) in [5, 5.41) is 0.255. The number of amides is 1. The number of aryl methyl sites for hydroxylation is 1. The lowest BCUT2D eigenvalue weighted by molar-refractivity contribution is 0.0662. The monoisotopic (exact) mass is 494 g/mol. The zero-order chi connectivity index (χ0) is 24.7. The normalized spacial score (nSPS) is 17.5. The Morgan fingerprint density at radius 3 is 2.40 bits per heavy atom. The lowest BCUT2D eigenvalue weighted by Crippen LogP contribution is -2.48. The molecule has 3 aromatic rings. The molecule has 1 aromatic heterocycles. The number of rotatable bonds is 4. The minimum Gasteiger partial charge on any atom is -0.347 e. The van der Waals surface area contributed by atoms with Crippen molar-refractivity contribution in [3.8, 4) is 0 Å². The van der Waals surface area contributed by atoms with E-state index in [2.05, 4.69) is 4.90 Å². The molecule has 2 aliphatic heterocycles. The third-order valence-corrected chi connectivity index (χ3v) is 8.99. The number of benzene rings is 2. The molecule has 8 nitrogen and oxygen atoms in total. The van der Waals surface area contributed by atoms with Gasteiger partial charge in [0.1, 0.15) is 5.56 Å². The number of pyridine rings is 1. The van der Waals surface area contributed by atoms with Crippen LogP contribution in [0, 0.1) is 0 Å². The summed E-state index contributed by atoms with van der Waals surface area (Å²) in [6.07, 6.45) is 2.26. The molecule has 0 saturated carbocycles. The first-order valence-electron chi connectivity index (χ1n) is 12.0. The number of hydrogen-bond donors (Lipinski definition) is 0. The Labute approximate surface area is 205 Å². The number of aromatic nitrogens is 1. The molecule has 2 aliphatic rings. The second kappa shape index (κ2) is 9.22. The molecule has 2 aromatic carbocycles. The standard InChI is InChI=1S/C26H30N4O4S/c1-3-28-18-23(26(32)29-14-12-27(2)13-15-29)25(31)22-16-21(8-9-24(22)28)35(33,34)30-11-10-19-6-4-5-7-20(19)17-30/h4-9,16,18H,3,10-15,17H2,1-2H3.